The Morgan fingerprint density at radius 1 is 1.14 bits per heavy atom. The highest BCUT2D eigenvalue weighted by molar-refractivity contribution is 9.10. The Bertz CT molecular complexity index is 686. The van der Waals surface area contributed by atoms with Gasteiger partial charge in [-0.05, 0) is 71.2 Å². The van der Waals surface area contributed by atoms with Crippen molar-refractivity contribution in [2.24, 2.45) is 0 Å². The van der Waals surface area contributed by atoms with Crippen LogP contribution in [0.5, 0.6) is 5.75 Å². The van der Waals surface area contributed by atoms with E-state index in [1.807, 2.05) is 50.2 Å². The maximum absolute atomic E-state index is 12.0. The Labute approximate surface area is 139 Å². The summed E-state index contributed by atoms with van der Waals surface area (Å²) in [6.45, 7) is 4.18. The molecular weight excluding hydrogens is 344 g/mol. The first-order valence-electron chi connectivity index (χ1n) is 6.94. The van der Waals surface area contributed by atoms with Gasteiger partial charge in [-0.2, -0.15) is 0 Å². The molecule has 2 aromatic carbocycles. The third-order valence-electron chi connectivity index (χ3n) is 3.27. The molecule has 0 fully saturated rings. The van der Waals surface area contributed by atoms with Gasteiger partial charge in [0.25, 0.3) is 0 Å². The fourth-order valence-corrected chi connectivity index (χ4v) is 2.65. The van der Waals surface area contributed by atoms with E-state index in [4.69, 9.17) is 4.74 Å². The van der Waals surface area contributed by atoms with E-state index in [-0.39, 0.29) is 12.5 Å². The van der Waals surface area contributed by atoms with E-state index < -0.39 is 0 Å². The second kappa shape index (κ2) is 7.31. The van der Waals surface area contributed by atoms with Crippen molar-refractivity contribution in [1.82, 2.24) is 0 Å². The van der Waals surface area contributed by atoms with Gasteiger partial charge < -0.3 is 15.4 Å². The van der Waals surface area contributed by atoms with E-state index >= 15 is 0 Å². The van der Waals surface area contributed by atoms with Crippen molar-refractivity contribution in [2.45, 2.75) is 13.8 Å². The lowest BCUT2D eigenvalue weighted by Gasteiger charge is -2.12. The molecule has 0 heterocycles. The average Bonchev–Trinajstić information content (AvgIpc) is 2.48. The Kier molecular flexibility index (Phi) is 5.44. The standard InChI is InChI=1S/C17H19BrN2O2/c1-11-4-6-16(14(18)8-11)20-17(21)10-19-15-7-5-13(22-3)9-12(15)2/h4-9,19H,10H2,1-3H3,(H,20,21). The molecule has 2 aromatic rings. The molecule has 0 saturated carbocycles. The van der Waals surface area contributed by atoms with E-state index in [1.54, 1.807) is 7.11 Å². The first-order chi connectivity index (χ1) is 10.5. The van der Waals surface area contributed by atoms with Crippen molar-refractivity contribution in [2.75, 3.05) is 24.3 Å². The summed E-state index contributed by atoms with van der Waals surface area (Å²) in [7, 11) is 1.63. The number of carbonyl (C=O) groups excluding carboxylic acids is 1. The molecule has 0 radical (unpaired) electrons. The van der Waals surface area contributed by atoms with Crippen molar-refractivity contribution in [3.63, 3.8) is 0 Å². The van der Waals surface area contributed by atoms with Gasteiger partial charge in [-0.1, -0.05) is 6.07 Å². The summed E-state index contributed by atoms with van der Waals surface area (Å²) in [5.41, 5.74) is 3.85. The second-order valence-electron chi connectivity index (χ2n) is 5.07. The lowest BCUT2D eigenvalue weighted by atomic mass is 10.2. The van der Waals surface area contributed by atoms with Gasteiger partial charge in [-0.3, -0.25) is 4.79 Å². The number of rotatable bonds is 5. The molecule has 1 amide bonds. The number of amides is 1. The number of ether oxygens (including phenoxy) is 1. The minimum absolute atomic E-state index is 0.0974. The monoisotopic (exact) mass is 362 g/mol. The molecule has 5 heteroatoms. The molecule has 0 spiro atoms. The molecular formula is C17H19BrN2O2. The van der Waals surface area contributed by atoms with Crippen LogP contribution < -0.4 is 15.4 Å². The van der Waals surface area contributed by atoms with Crippen molar-refractivity contribution >= 4 is 33.2 Å². The van der Waals surface area contributed by atoms with Crippen LogP contribution in [0, 0.1) is 13.8 Å². The number of aryl methyl sites for hydroxylation is 2. The number of nitrogens with one attached hydrogen (secondary N) is 2. The van der Waals surface area contributed by atoms with Crippen molar-refractivity contribution in [3.8, 4) is 5.75 Å². The summed E-state index contributed by atoms with van der Waals surface area (Å²) in [6.07, 6.45) is 0. The van der Waals surface area contributed by atoms with Crippen LogP contribution in [0.4, 0.5) is 11.4 Å². The summed E-state index contributed by atoms with van der Waals surface area (Å²) in [5.74, 6) is 0.704. The lowest BCUT2D eigenvalue weighted by molar-refractivity contribution is -0.114. The SMILES string of the molecule is COc1ccc(NCC(=O)Nc2ccc(C)cc2Br)c(C)c1. The lowest BCUT2D eigenvalue weighted by Crippen LogP contribution is -2.22. The van der Waals surface area contributed by atoms with Crippen molar-refractivity contribution in [1.29, 1.82) is 0 Å². The zero-order chi connectivity index (χ0) is 16.1. The van der Waals surface area contributed by atoms with Crippen LogP contribution in [0.15, 0.2) is 40.9 Å². The van der Waals surface area contributed by atoms with E-state index in [2.05, 4.69) is 26.6 Å². The van der Waals surface area contributed by atoms with Gasteiger partial charge in [0, 0.05) is 10.2 Å². The summed E-state index contributed by atoms with van der Waals surface area (Å²) < 4.78 is 6.04. The molecule has 0 aromatic heterocycles. The molecule has 0 aliphatic heterocycles. The molecule has 2 N–H and O–H groups in total. The van der Waals surface area contributed by atoms with Gasteiger partial charge >= 0.3 is 0 Å². The maximum atomic E-state index is 12.0. The Morgan fingerprint density at radius 3 is 2.50 bits per heavy atom. The van der Waals surface area contributed by atoms with Crippen LogP contribution in [0.1, 0.15) is 11.1 Å². The summed E-state index contributed by atoms with van der Waals surface area (Å²) >= 11 is 3.45. The predicted molar refractivity (Wildman–Crippen MR) is 93.7 cm³/mol. The van der Waals surface area contributed by atoms with Crippen LogP contribution in [0.2, 0.25) is 0 Å². The van der Waals surface area contributed by atoms with Crippen LogP contribution in [0.25, 0.3) is 0 Å². The third kappa shape index (κ3) is 4.24. The quantitative estimate of drug-likeness (QED) is 0.840. The maximum Gasteiger partial charge on any atom is 0.243 e. The molecule has 0 atom stereocenters. The minimum atomic E-state index is -0.0974. The fraction of sp³-hybridized carbons (Fsp3) is 0.235. The third-order valence-corrected chi connectivity index (χ3v) is 3.93. The van der Waals surface area contributed by atoms with Crippen molar-refractivity contribution < 1.29 is 9.53 Å². The number of hydrogen-bond donors (Lipinski definition) is 2. The summed E-state index contributed by atoms with van der Waals surface area (Å²) in [5, 5.41) is 6.01. The van der Waals surface area contributed by atoms with E-state index in [9.17, 15) is 4.79 Å². The fourth-order valence-electron chi connectivity index (χ4n) is 2.05. The van der Waals surface area contributed by atoms with E-state index in [1.165, 1.54) is 0 Å². The smallest absolute Gasteiger partial charge is 0.243 e. The normalized spacial score (nSPS) is 10.2. The number of methoxy groups -OCH3 is 1. The molecule has 22 heavy (non-hydrogen) atoms. The Hall–Kier alpha value is -2.01. The largest absolute Gasteiger partial charge is 0.497 e. The van der Waals surface area contributed by atoms with E-state index in [0.717, 1.165) is 32.7 Å². The number of halogens is 1. The second-order valence-corrected chi connectivity index (χ2v) is 5.92. The highest BCUT2D eigenvalue weighted by atomic mass is 79.9. The van der Waals surface area contributed by atoms with Gasteiger partial charge in [0.1, 0.15) is 5.75 Å². The van der Waals surface area contributed by atoms with E-state index in [0.29, 0.717) is 0 Å². The van der Waals surface area contributed by atoms with Crippen LogP contribution in [-0.4, -0.2) is 19.6 Å². The Balaban J connectivity index is 1.95. The van der Waals surface area contributed by atoms with Gasteiger partial charge in [0.2, 0.25) is 5.91 Å². The topological polar surface area (TPSA) is 50.4 Å². The molecule has 4 nitrogen and oxygen atoms in total. The molecule has 116 valence electrons. The predicted octanol–water partition coefficient (Wildman–Crippen LogP) is 4.13. The van der Waals surface area contributed by atoms with Gasteiger partial charge in [0.15, 0.2) is 0 Å². The van der Waals surface area contributed by atoms with Gasteiger partial charge in [0.05, 0.1) is 19.3 Å². The number of anilines is 2. The van der Waals surface area contributed by atoms with Gasteiger partial charge in [-0.25, -0.2) is 0 Å². The summed E-state index contributed by atoms with van der Waals surface area (Å²) in [6, 6.07) is 11.5. The minimum Gasteiger partial charge on any atom is -0.497 e. The first kappa shape index (κ1) is 16.4. The average molecular weight is 363 g/mol. The van der Waals surface area contributed by atoms with Crippen molar-refractivity contribution in [3.05, 3.63) is 52.0 Å². The molecule has 0 saturated heterocycles. The molecule has 0 unspecified atom stereocenters. The number of benzene rings is 2. The molecule has 0 aliphatic rings. The number of carbonyl (C=O) groups is 1. The van der Waals surface area contributed by atoms with Crippen LogP contribution in [0.3, 0.4) is 0 Å². The van der Waals surface area contributed by atoms with Crippen LogP contribution in [-0.2, 0) is 4.79 Å². The van der Waals surface area contributed by atoms with Crippen LogP contribution >= 0.6 is 15.9 Å². The highest BCUT2D eigenvalue weighted by Gasteiger charge is 2.07. The zero-order valence-corrected chi connectivity index (χ0v) is 14.5. The first-order valence-corrected chi connectivity index (χ1v) is 7.73. The molecule has 0 aliphatic carbocycles. The number of hydrogen-bond acceptors (Lipinski definition) is 3. The Morgan fingerprint density at radius 2 is 1.86 bits per heavy atom. The summed E-state index contributed by atoms with van der Waals surface area (Å²) in [4.78, 5) is 12.0. The van der Waals surface area contributed by atoms with Gasteiger partial charge in [-0.15, -0.1) is 0 Å². The highest BCUT2D eigenvalue weighted by Crippen LogP contribution is 2.24. The zero-order valence-electron chi connectivity index (χ0n) is 12.9. The molecule has 2 rings (SSSR count). The molecule has 0 bridgehead atoms.